The van der Waals surface area contributed by atoms with Crippen LogP contribution in [0.5, 0.6) is 0 Å². The van der Waals surface area contributed by atoms with Crippen molar-refractivity contribution in [3.05, 3.63) is 113 Å². The van der Waals surface area contributed by atoms with Gasteiger partial charge in [0.2, 0.25) is 5.91 Å². The summed E-state index contributed by atoms with van der Waals surface area (Å²) in [5.74, 6) is -3.12. The van der Waals surface area contributed by atoms with Crippen LogP contribution in [0, 0.1) is 18.6 Å². The van der Waals surface area contributed by atoms with Crippen LogP contribution in [0.4, 0.5) is 30.6 Å². The van der Waals surface area contributed by atoms with E-state index in [9.17, 15) is 28.3 Å². The molecule has 0 saturated heterocycles. The fourth-order valence-electron chi connectivity index (χ4n) is 5.67. The molecule has 0 unspecified atom stereocenters. The lowest BCUT2D eigenvalue weighted by molar-refractivity contribution is -0.117. The molecule has 9 nitrogen and oxygen atoms in total. The Hall–Kier alpha value is -5.03. The van der Waals surface area contributed by atoms with Crippen molar-refractivity contribution in [3.8, 4) is 0 Å². The Kier molecular flexibility index (Phi) is 7.41. The van der Waals surface area contributed by atoms with Gasteiger partial charge in [-0.25, -0.2) is 13.6 Å². The van der Waals surface area contributed by atoms with Crippen LogP contribution in [0.15, 0.2) is 72.9 Å². The zero-order valence-electron chi connectivity index (χ0n) is 23.4. The number of aromatic nitrogens is 1. The third kappa shape index (κ3) is 5.12. The normalized spacial score (nSPS) is 14.1. The molecule has 3 heterocycles. The predicted molar refractivity (Wildman–Crippen MR) is 157 cm³/mol. The highest BCUT2D eigenvalue weighted by Crippen LogP contribution is 2.37. The first kappa shape index (κ1) is 28.1. The number of β-amino-alcohol motifs (C(OH)–C–C–N with tert-alkyl or cyclic N) is 1. The average Bonchev–Trinajstić information content (AvgIpc) is 3.37. The number of carbonyl (C=O) groups is 3. The number of rotatable bonds is 5. The molecule has 0 aliphatic carbocycles. The number of aliphatic hydroxyl groups is 1. The molecule has 0 bridgehead atoms. The molecule has 2 aliphatic heterocycles. The minimum Gasteiger partial charge on any atom is -0.395 e. The summed E-state index contributed by atoms with van der Waals surface area (Å²) in [6, 6.07) is 18.3. The number of aryl methyl sites for hydroxylation is 1. The van der Waals surface area contributed by atoms with Gasteiger partial charge in [-0.2, -0.15) is 0 Å². The third-order valence-electron chi connectivity index (χ3n) is 7.90. The first-order valence-electron chi connectivity index (χ1n) is 13.8. The van der Waals surface area contributed by atoms with E-state index < -0.39 is 30.1 Å². The van der Waals surface area contributed by atoms with E-state index in [1.807, 2.05) is 49.5 Å². The summed E-state index contributed by atoms with van der Waals surface area (Å²) >= 11 is 0. The number of carbonyl (C=O) groups excluding carboxylic acids is 3. The third-order valence-corrected chi connectivity index (χ3v) is 7.90. The lowest BCUT2D eigenvalue weighted by Crippen LogP contribution is -2.52. The molecule has 2 aliphatic rings. The highest BCUT2D eigenvalue weighted by Gasteiger charge is 2.36. The highest BCUT2D eigenvalue weighted by molar-refractivity contribution is 6.11. The van der Waals surface area contributed by atoms with Crippen LogP contribution in [0.2, 0.25) is 0 Å². The zero-order chi connectivity index (χ0) is 30.2. The molecule has 1 aromatic heterocycles. The molecule has 0 fully saturated rings. The summed E-state index contributed by atoms with van der Waals surface area (Å²) in [7, 11) is 0. The van der Waals surface area contributed by atoms with Crippen molar-refractivity contribution in [1.29, 1.82) is 0 Å². The molecule has 43 heavy (non-hydrogen) atoms. The summed E-state index contributed by atoms with van der Waals surface area (Å²) in [5.41, 5.74) is 4.49. The van der Waals surface area contributed by atoms with Crippen LogP contribution in [-0.4, -0.2) is 47.2 Å². The highest BCUT2D eigenvalue weighted by atomic mass is 19.2. The number of nitrogens with zero attached hydrogens (tertiary/aromatic N) is 4. The molecule has 3 aromatic carbocycles. The Labute approximate surface area is 246 Å². The fourth-order valence-corrected chi connectivity index (χ4v) is 5.67. The van der Waals surface area contributed by atoms with Gasteiger partial charge in [0.1, 0.15) is 12.2 Å². The number of nitrogens with one attached hydrogen (secondary N) is 1. The summed E-state index contributed by atoms with van der Waals surface area (Å²) in [6.07, 6.45) is 2.00. The van der Waals surface area contributed by atoms with Gasteiger partial charge in [-0.15, -0.1) is 0 Å². The van der Waals surface area contributed by atoms with Gasteiger partial charge >= 0.3 is 6.03 Å². The molecule has 0 radical (unpaired) electrons. The van der Waals surface area contributed by atoms with Gasteiger partial charge in [0, 0.05) is 42.8 Å². The maximum atomic E-state index is 14.9. The van der Waals surface area contributed by atoms with E-state index in [-0.39, 0.29) is 37.0 Å². The van der Waals surface area contributed by atoms with Crippen LogP contribution >= 0.6 is 0 Å². The lowest BCUT2D eigenvalue weighted by Gasteiger charge is -2.36. The van der Waals surface area contributed by atoms with E-state index in [0.29, 0.717) is 24.2 Å². The second-order valence-corrected chi connectivity index (χ2v) is 10.5. The molecule has 6 rings (SSSR count). The van der Waals surface area contributed by atoms with Crippen molar-refractivity contribution < 1.29 is 28.3 Å². The second-order valence-electron chi connectivity index (χ2n) is 10.5. The van der Waals surface area contributed by atoms with Crippen LogP contribution in [-0.2, 0) is 24.4 Å². The van der Waals surface area contributed by atoms with Crippen molar-refractivity contribution in [2.75, 3.05) is 34.4 Å². The largest absolute Gasteiger partial charge is 0.395 e. The molecule has 0 saturated carbocycles. The first-order valence-corrected chi connectivity index (χ1v) is 13.8. The van der Waals surface area contributed by atoms with Gasteiger partial charge in [0.25, 0.3) is 5.91 Å². The number of benzene rings is 3. The van der Waals surface area contributed by atoms with Crippen LogP contribution < -0.4 is 20.0 Å². The first-order chi connectivity index (χ1) is 20.8. The standard InChI is InChI=1S/C32H29F2N5O4/c1-20-15-21(31(42)38-18-24-6-4-12-36(24)17-23-5-2-3-7-26(23)38)8-9-22(20)16-35-32(43)39-19-28(41)37(13-14-40)27-11-10-25(33)29(34)30(27)39/h2-12,15,40H,13-14,16-19H2,1H3,(H,35,43). The summed E-state index contributed by atoms with van der Waals surface area (Å²) < 4.78 is 31.1. The maximum Gasteiger partial charge on any atom is 0.322 e. The van der Waals surface area contributed by atoms with Gasteiger partial charge in [0.05, 0.1) is 18.8 Å². The van der Waals surface area contributed by atoms with Gasteiger partial charge in [-0.1, -0.05) is 24.3 Å². The summed E-state index contributed by atoms with van der Waals surface area (Å²) in [4.78, 5) is 43.4. The van der Waals surface area contributed by atoms with Crippen LogP contribution in [0.25, 0.3) is 0 Å². The lowest BCUT2D eigenvalue weighted by atomic mass is 10.0. The minimum atomic E-state index is -1.26. The van der Waals surface area contributed by atoms with E-state index in [1.54, 1.807) is 23.1 Å². The van der Waals surface area contributed by atoms with Crippen molar-refractivity contribution in [2.24, 2.45) is 0 Å². The molecule has 0 atom stereocenters. The SMILES string of the molecule is Cc1cc(C(=O)N2Cc3cccn3Cc3ccccc32)ccc1CNC(=O)N1CC(=O)N(CCO)c2ccc(F)c(F)c21. The number of aliphatic hydroxyl groups excluding tert-OH is 1. The minimum absolute atomic E-state index is 0.000696. The molecular formula is C32H29F2N5O4. The van der Waals surface area contributed by atoms with E-state index >= 15 is 0 Å². The zero-order valence-corrected chi connectivity index (χ0v) is 23.4. The Morgan fingerprint density at radius 3 is 2.53 bits per heavy atom. The van der Waals surface area contributed by atoms with Gasteiger partial charge in [-0.3, -0.25) is 14.5 Å². The number of hydrogen-bond donors (Lipinski definition) is 2. The van der Waals surface area contributed by atoms with Crippen molar-refractivity contribution in [1.82, 2.24) is 9.88 Å². The quantitative estimate of drug-likeness (QED) is 0.364. The van der Waals surface area contributed by atoms with Crippen LogP contribution in [0.1, 0.15) is 32.7 Å². The number of para-hydroxylation sites is 1. The molecule has 11 heteroatoms. The maximum absolute atomic E-state index is 14.9. The molecule has 2 N–H and O–H groups in total. The van der Waals surface area contributed by atoms with Gasteiger partial charge < -0.3 is 24.8 Å². The van der Waals surface area contributed by atoms with E-state index in [2.05, 4.69) is 9.88 Å². The molecular weight excluding hydrogens is 556 g/mol. The van der Waals surface area contributed by atoms with E-state index in [4.69, 9.17) is 0 Å². The number of fused-ring (bicyclic) bond motifs is 3. The number of halogens is 2. The Morgan fingerprint density at radius 1 is 0.930 bits per heavy atom. The van der Waals surface area contributed by atoms with Crippen LogP contribution in [0.3, 0.4) is 0 Å². The number of urea groups is 1. The smallest absolute Gasteiger partial charge is 0.322 e. The molecule has 4 aromatic rings. The summed E-state index contributed by atoms with van der Waals surface area (Å²) in [5, 5.41) is 12.0. The number of hydrogen-bond acceptors (Lipinski definition) is 4. The number of anilines is 3. The topological polar surface area (TPSA) is 98.1 Å². The molecule has 0 spiro atoms. The number of amides is 4. The fraction of sp³-hybridized carbons (Fsp3) is 0.219. The van der Waals surface area contributed by atoms with Gasteiger partial charge in [0.15, 0.2) is 11.6 Å². The Balaban J connectivity index is 1.21. The predicted octanol–water partition coefficient (Wildman–Crippen LogP) is 4.34. The van der Waals surface area contributed by atoms with Crippen molar-refractivity contribution >= 4 is 34.9 Å². The molecule has 4 amide bonds. The Morgan fingerprint density at radius 2 is 1.74 bits per heavy atom. The second kappa shape index (κ2) is 11.3. The molecule has 220 valence electrons. The monoisotopic (exact) mass is 585 g/mol. The van der Waals surface area contributed by atoms with Gasteiger partial charge in [-0.05, 0) is 66.1 Å². The van der Waals surface area contributed by atoms with E-state index in [1.165, 1.54) is 6.07 Å². The van der Waals surface area contributed by atoms with Crippen molar-refractivity contribution in [2.45, 2.75) is 26.6 Å². The van der Waals surface area contributed by atoms with Crippen molar-refractivity contribution in [3.63, 3.8) is 0 Å². The Bertz CT molecular complexity index is 1750. The summed E-state index contributed by atoms with van der Waals surface area (Å²) in [6.45, 7) is 1.91. The average molecular weight is 586 g/mol. The van der Waals surface area contributed by atoms with E-state index in [0.717, 1.165) is 38.4 Å².